The van der Waals surface area contributed by atoms with Crippen molar-refractivity contribution in [3.8, 4) is 11.5 Å². The molecule has 10 heteroatoms. The summed E-state index contributed by atoms with van der Waals surface area (Å²) >= 11 is 0. The molecule has 2 aromatic heterocycles. The van der Waals surface area contributed by atoms with E-state index in [1.165, 1.54) is 12.8 Å². The summed E-state index contributed by atoms with van der Waals surface area (Å²) in [5.74, 6) is 2.48. The predicted molar refractivity (Wildman–Crippen MR) is 133 cm³/mol. The summed E-state index contributed by atoms with van der Waals surface area (Å²) in [4.78, 5) is 18.6. The van der Waals surface area contributed by atoms with E-state index < -0.39 is 0 Å². The van der Waals surface area contributed by atoms with Crippen molar-refractivity contribution in [2.24, 2.45) is 5.92 Å². The van der Waals surface area contributed by atoms with Gasteiger partial charge in [0.1, 0.15) is 0 Å². The Bertz CT molecular complexity index is 1280. The SMILES string of the molecule is CC(C)[C@@H](c1nnnn1C1CCCC1)N(Cc1cc2cc3c(cc2[nH]c1=O)OCO3)C[C@@H]1CCCO1. The van der Waals surface area contributed by atoms with E-state index in [0.29, 0.717) is 29.6 Å². The van der Waals surface area contributed by atoms with Gasteiger partial charge in [0.25, 0.3) is 5.56 Å². The van der Waals surface area contributed by atoms with Crippen LogP contribution < -0.4 is 15.0 Å². The molecule has 0 unspecified atom stereocenters. The molecule has 1 N–H and O–H groups in total. The van der Waals surface area contributed by atoms with E-state index >= 15 is 0 Å². The smallest absolute Gasteiger partial charge is 0.252 e. The number of aromatic nitrogens is 5. The number of hydrogen-bond acceptors (Lipinski definition) is 8. The van der Waals surface area contributed by atoms with Gasteiger partial charge in [0.05, 0.1) is 23.7 Å². The second kappa shape index (κ2) is 9.82. The summed E-state index contributed by atoms with van der Waals surface area (Å²) in [6.45, 7) is 6.58. The molecule has 2 aliphatic heterocycles. The summed E-state index contributed by atoms with van der Waals surface area (Å²) in [5.41, 5.74) is 1.34. The Hall–Kier alpha value is -2.98. The number of pyridine rings is 1. The van der Waals surface area contributed by atoms with Crippen LogP contribution in [0.1, 0.15) is 75.8 Å². The van der Waals surface area contributed by atoms with Gasteiger partial charge in [-0.05, 0) is 54.2 Å². The van der Waals surface area contributed by atoms with Gasteiger partial charge in [0.15, 0.2) is 17.3 Å². The lowest BCUT2D eigenvalue weighted by Gasteiger charge is -2.35. The first-order valence-electron chi connectivity index (χ1n) is 13.2. The molecule has 2 atom stereocenters. The van der Waals surface area contributed by atoms with Crippen LogP contribution in [0.5, 0.6) is 11.5 Å². The highest BCUT2D eigenvalue weighted by Gasteiger charge is 2.34. The zero-order chi connectivity index (χ0) is 24.6. The van der Waals surface area contributed by atoms with Crippen molar-refractivity contribution in [1.82, 2.24) is 30.1 Å². The maximum atomic E-state index is 13.2. The normalized spacial score (nSPS) is 20.8. The van der Waals surface area contributed by atoms with Crippen molar-refractivity contribution in [3.05, 3.63) is 39.9 Å². The third-order valence-corrected chi connectivity index (χ3v) is 7.73. The second-order valence-electron chi connectivity index (χ2n) is 10.6. The van der Waals surface area contributed by atoms with E-state index in [9.17, 15) is 4.79 Å². The standard InChI is InChI=1S/C26H34N6O4/c1-16(2)24(25-28-29-30-32(25)19-6-3-4-7-19)31(14-20-8-5-9-34-20)13-18-10-17-11-22-23(36-15-35-22)12-21(17)27-26(18)33/h10-12,16,19-20,24H,3-9,13-15H2,1-2H3,(H,27,33)/t20-,24-/m0/s1. The highest BCUT2D eigenvalue weighted by atomic mass is 16.7. The lowest BCUT2D eigenvalue weighted by Crippen LogP contribution is -2.40. The van der Waals surface area contributed by atoms with Crippen LogP contribution in [-0.2, 0) is 11.3 Å². The predicted octanol–water partition coefficient (Wildman–Crippen LogP) is 3.74. The molecule has 2 fully saturated rings. The average molecular weight is 495 g/mol. The number of nitrogens with zero attached hydrogens (tertiary/aromatic N) is 5. The number of hydrogen-bond donors (Lipinski definition) is 1. The zero-order valence-electron chi connectivity index (χ0n) is 21.0. The minimum Gasteiger partial charge on any atom is -0.454 e. The number of aromatic amines is 1. The second-order valence-corrected chi connectivity index (χ2v) is 10.6. The summed E-state index contributed by atoms with van der Waals surface area (Å²) in [6.07, 6.45) is 6.85. The van der Waals surface area contributed by atoms with Crippen LogP contribution in [0.3, 0.4) is 0 Å². The van der Waals surface area contributed by atoms with Crippen molar-refractivity contribution in [1.29, 1.82) is 0 Å². The molecule has 192 valence electrons. The monoisotopic (exact) mass is 494 g/mol. The summed E-state index contributed by atoms with van der Waals surface area (Å²) in [5, 5.41) is 14.0. The van der Waals surface area contributed by atoms with Gasteiger partial charge in [0.2, 0.25) is 6.79 Å². The molecule has 0 bridgehead atoms. The molecule has 3 aromatic rings. The number of tetrazole rings is 1. The van der Waals surface area contributed by atoms with Crippen LogP contribution in [-0.4, -0.2) is 56.1 Å². The number of H-pyrrole nitrogens is 1. The van der Waals surface area contributed by atoms with Crippen molar-refractivity contribution in [3.63, 3.8) is 0 Å². The van der Waals surface area contributed by atoms with Crippen molar-refractivity contribution in [2.75, 3.05) is 19.9 Å². The van der Waals surface area contributed by atoms with E-state index in [-0.39, 0.29) is 30.4 Å². The van der Waals surface area contributed by atoms with Gasteiger partial charge in [-0.25, -0.2) is 4.68 Å². The molecule has 1 saturated heterocycles. The lowest BCUT2D eigenvalue weighted by molar-refractivity contribution is 0.0379. The van der Waals surface area contributed by atoms with Crippen molar-refractivity contribution in [2.45, 2.75) is 77.1 Å². The largest absolute Gasteiger partial charge is 0.454 e. The molecular weight excluding hydrogens is 460 g/mol. The summed E-state index contributed by atoms with van der Waals surface area (Å²) < 4.78 is 19.1. The first-order valence-corrected chi connectivity index (χ1v) is 13.2. The Balaban J connectivity index is 1.37. The van der Waals surface area contributed by atoms with Gasteiger partial charge in [-0.15, -0.1) is 5.10 Å². The van der Waals surface area contributed by atoms with E-state index in [4.69, 9.17) is 14.2 Å². The average Bonchev–Trinajstić information content (AvgIpc) is 3.65. The van der Waals surface area contributed by atoms with E-state index in [2.05, 4.69) is 39.3 Å². The van der Waals surface area contributed by atoms with E-state index in [1.54, 1.807) is 0 Å². The highest BCUT2D eigenvalue weighted by Crippen LogP contribution is 2.37. The number of nitrogens with one attached hydrogen (secondary N) is 1. The van der Waals surface area contributed by atoms with Crippen molar-refractivity contribution >= 4 is 10.9 Å². The summed E-state index contributed by atoms with van der Waals surface area (Å²) in [6, 6.07) is 6.03. The van der Waals surface area contributed by atoms with Crippen LogP contribution in [0.15, 0.2) is 23.0 Å². The first kappa shape index (κ1) is 23.4. The quantitative estimate of drug-likeness (QED) is 0.505. The third kappa shape index (κ3) is 4.48. The molecule has 36 heavy (non-hydrogen) atoms. The third-order valence-electron chi connectivity index (χ3n) is 7.73. The minimum absolute atomic E-state index is 0.0448. The number of benzene rings is 1. The fourth-order valence-corrected chi connectivity index (χ4v) is 5.99. The number of ether oxygens (including phenoxy) is 3. The van der Waals surface area contributed by atoms with Gasteiger partial charge in [-0.2, -0.15) is 0 Å². The van der Waals surface area contributed by atoms with Crippen LogP contribution >= 0.6 is 0 Å². The molecule has 0 amide bonds. The molecule has 1 aliphatic carbocycles. The molecule has 4 heterocycles. The van der Waals surface area contributed by atoms with Gasteiger partial charge >= 0.3 is 0 Å². The molecule has 0 radical (unpaired) electrons. The van der Waals surface area contributed by atoms with Gasteiger partial charge in [0, 0.05) is 36.7 Å². The Morgan fingerprint density at radius 2 is 1.92 bits per heavy atom. The van der Waals surface area contributed by atoms with E-state index in [1.807, 2.05) is 22.9 Å². The highest BCUT2D eigenvalue weighted by molar-refractivity contribution is 5.83. The summed E-state index contributed by atoms with van der Waals surface area (Å²) in [7, 11) is 0. The van der Waals surface area contributed by atoms with Gasteiger partial charge in [-0.3, -0.25) is 9.69 Å². The number of rotatable bonds is 8. The number of fused-ring (bicyclic) bond motifs is 2. The Kier molecular flexibility index (Phi) is 6.39. The maximum absolute atomic E-state index is 13.2. The lowest BCUT2D eigenvalue weighted by atomic mass is 9.99. The molecule has 10 nitrogen and oxygen atoms in total. The van der Waals surface area contributed by atoms with Crippen LogP contribution in [0, 0.1) is 5.92 Å². The van der Waals surface area contributed by atoms with Gasteiger partial charge in [-0.1, -0.05) is 26.7 Å². The Morgan fingerprint density at radius 3 is 2.67 bits per heavy atom. The van der Waals surface area contributed by atoms with Gasteiger partial charge < -0.3 is 19.2 Å². The molecule has 1 saturated carbocycles. The molecule has 3 aliphatic rings. The van der Waals surface area contributed by atoms with Crippen LogP contribution in [0.25, 0.3) is 10.9 Å². The zero-order valence-corrected chi connectivity index (χ0v) is 21.0. The topological polar surface area (TPSA) is 107 Å². The fraction of sp³-hybridized carbons (Fsp3) is 0.615. The van der Waals surface area contributed by atoms with E-state index in [0.717, 1.165) is 55.6 Å². The Labute approximate surface area is 209 Å². The van der Waals surface area contributed by atoms with Crippen LogP contribution in [0.2, 0.25) is 0 Å². The molecule has 1 aromatic carbocycles. The molecular formula is C26H34N6O4. The van der Waals surface area contributed by atoms with Crippen molar-refractivity contribution < 1.29 is 14.2 Å². The fourth-order valence-electron chi connectivity index (χ4n) is 5.99. The Morgan fingerprint density at radius 1 is 1.11 bits per heavy atom. The molecule has 0 spiro atoms. The molecule has 6 rings (SSSR count). The minimum atomic E-state index is -0.100. The van der Waals surface area contributed by atoms with Crippen LogP contribution in [0.4, 0.5) is 0 Å². The first-order chi connectivity index (χ1) is 17.6. The maximum Gasteiger partial charge on any atom is 0.252 e.